The van der Waals surface area contributed by atoms with Gasteiger partial charge >= 0.3 is 0 Å². The predicted molar refractivity (Wildman–Crippen MR) is 76.3 cm³/mol. The molecular weight excluding hydrogens is 267 g/mol. The van der Waals surface area contributed by atoms with Crippen molar-refractivity contribution in [1.29, 1.82) is 0 Å². The van der Waals surface area contributed by atoms with E-state index in [0.717, 1.165) is 34.3 Å². The van der Waals surface area contributed by atoms with Crippen molar-refractivity contribution in [3.63, 3.8) is 0 Å². The summed E-state index contributed by atoms with van der Waals surface area (Å²) in [5.74, 6) is 2.19. The van der Waals surface area contributed by atoms with Crippen molar-refractivity contribution in [2.45, 2.75) is 38.1 Å². The molecule has 1 heterocycles. The van der Waals surface area contributed by atoms with Crippen LogP contribution in [0.15, 0.2) is 18.2 Å². The molecule has 1 aromatic carbocycles. The quantitative estimate of drug-likeness (QED) is 0.752. The van der Waals surface area contributed by atoms with E-state index in [1.165, 1.54) is 25.7 Å². The molecule has 96 valence electrons. The molecule has 4 heteroatoms. The lowest BCUT2D eigenvalue weighted by Crippen LogP contribution is -2.09. The van der Waals surface area contributed by atoms with Crippen LogP contribution >= 0.6 is 23.2 Å². The fourth-order valence-corrected chi connectivity index (χ4v) is 3.28. The normalized spacial score (nSPS) is 16.8. The van der Waals surface area contributed by atoms with Crippen LogP contribution in [0.2, 0.25) is 5.02 Å². The first-order chi connectivity index (χ1) is 8.78. The summed E-state index contributed by atoms with van der Waals surface area (Å²) >= 11 is 12.0. The van der Waals surface area contributed by atoms with Gasteiger partial charge in [-0.25, -0.2) is 4.98 Å². The monoisotopic (exact) mass is 282 g/mol. The third kappa shape index (κ3) is 2.24. The summed E-state index contributed by atoms with van der Waals surface area (Å²) in [6, 6.07) is 5.89. The van der Waals surface area contributed by atoms with Gasteiger partial charge in [-0.3, -0.25) is 0 Å². The first-order valence-electron chi connectivity index (χ1n) is 6.48. The van der Waals surface area contributed by atoms with E-state index in [1.54, 1.807) is 0 Å². The summed E-state index contributed by atoms with van der Waals surface area (Å²) in [4.78, 5) is 4.58. The average molecular weight is 283 g/mol. The molecule has 0 unspecified atom stereocenters. The van der Waals surface area contributed by atoms with E-state index >= 15 is 0 Å². The van der Waals surface area contributed by atoms with E-state index < -0.39 is 0 Å². The van der Waals surface area contributed by atoms with Crippen LogP contribution in [0.3, 0.4) is 0 Å². The Hall–Kier alpha value is -0.730. The second-order valence-corrected chi connectivity index (χ2v) is 5.76. The number of aromatic nitrogens is 2. The molecule has 1 fully saturated rings. The number of alkyl halides is 1. The summed E-state index contributed by atoms with van der Waals surface area (Å²) < 4.78 is 2.27. The standard InChI is InChI=1S/C14H16Cl2N2/c15-8-14-17-12-7-11(16)5-6-13(12)18(14)9-10-3-1-2-4-10/h5-7,10H,1-4,8-9H2. The number of fused-ring (bicyclic) bond motifs is 1. The van der Waals surface area contributed by atoms with Crippen LogP contribution < -0.4 is 0 Å². The zero-order chi connectivity index (χ0) is 12.5. The van der Waals surface area contributed by atoms with Crippen LogP contribution in [0.4, 0.5) is 0 Å². The highest BCUT2D eigenvalue weighted by atomic mass is 35.5. The van der Waals surface area contributed by atoms with Crippen molar-refractivity contribution in [3.05, 3.63) is 29.0 Å². The van der Waals surface area contributed by atoms with Gasteiger partial charge in [-0.05, 0) is 37.0 Å². The Morgan fingerprint density at radius 1 is 1.28 bits per heavy atom. The highest BCUT2D eigenvalue weighted by Crippen LogP contribution is 2.29. The molecule has 0 N–H and O–H groups in total. The lowest BCUT2D eigenvalue weighted by atomic mass is 10.1. The van der Waals surface area contributed by atoms with E-state index in [2.05, 4.69) is 15.6 Å². The number of benzene rings is 1. The molecule has 2 aromatic rings. The molecule has 1 aliphatic carbocycles. The third-order valence-electron chi connectivity index (χ3n) is 3.82. The van der Waals surface area contributed by atoms with Crippen molar-refractivity contribution in [3.8, 4) is 0 Å². The molecule has 0 radical (unpaired) electrons. The van der Waals surface area contributed by atoms with Crippen LogP contribution in [-0.2, 0) is 12.4 Å². The number of hydrogen-bond acceptors (Lipinski definition) is 1. The number of hydrogen-bond donors (Lipinski definition) is 0. The summed E-state index contributed by atoms with van der Waals surface area (Å²) in [6.45, 7) is 1.04. The second-order valence-electron chi connectivity index (χ2n) is 5.06. The van der Waals surface area contributed by atoms with Gasteiger partial charge in [0.15, 0.2) is 0 Å². The summed E-state index contributed by atoms with van der Waals surface area (Å²) in [5.41, 5.74) is 2.11. The minimum Gasteiger partial charge on any atom is -0.327 e. The van der Waals surface area contributed by atoms with Gasteiger partial charge in [0.1, 0.15) is 5.82 Å². The van der Waals surface area contributed by atoms with Crippen LogP contribution in [0.1, 0.15) is 31.5 Å². The number of nitrogens with zero attached hydrogens (tertiary/aromatic N) is 2. The van der Waals surface area contributed by atoms with Crippen molar-refractivity contribution >= 4 is 34.2 Å². The van der Waals surface area contributed by atoms with E-state index in [-0.39, 0.29) is 0 Å². The molecule has 0 bridgehead atoms. The minimum absolute atomic E-state index is 0.457. The van der Waals surface area contributed by atoms with Gasteiger partial charge in [-0.1, -0.05) is 24.4 Å². The van der Waals surface area contributed by atoms with Crippen LogP contribution in [0.25, 0.3) is 11.0 Å². The largest absolute Gasteiger partial charge is 0.327 e. The van der Waals surface area contributed by atoms with Crippen molar-refractivity contribution < 1.29 is 0 Å². The first kappa shape index (κ1) is 12.3. The Balaban J connectivity index is 2.01. The van der Waals surface area contributed by atoms with Crippen LogP contribution in [-0.4, -0.2) is 9.55 Å². The molecule has 0 atom stereocenters. The number of halogens is 2. The lowest BCUT2D eigenvalue weighted by Gasteiger charge is -2.13. The zero-order valence-electron chi connectivity index (χ0n) is 10.2. The van der Waals surface area contributed by atoms with Gasteiger partial charge in [-0.15, -0.1) is 11.6 Å². The van der Waals surface area contributed by atoms with Crippen molar-refractivity contribution in [1.82, 2.24) is 9.55 Å². The fourth-order valence-electron chi connectivity index (χ4n) is 2.91. The maximum absolute atomic E-state index is 6.01. The number of rotatable bonds is 3. The first-order valence-corrected chi connectivity index (χ1v) is 7.40. The van der Waals surface area contributed by atoms with Gasteiger partial charge in [0.2, 0.25) is 0 Å². The van der Waals surface area contributed by atoms with E-state index in [0.29, 0.717) is 5.88 Å². The molecule has 0 saturated heterocycles. The van der Waals surface area contributed by atoms with E-state index in [9.17, 15) is 0 Å². The molecule has 1 aliphatic rings. The highest BCUT2D eigenvalue weighted by molar-refractivity contribution is 6.31. The fraction of sp³-hybridized carbons (Fsp3) is 0.500. The molecule has 2 nitrogen and oxygen atoms in total. The Morgan fingerprint density at radius 3 is 2.78 bits per heavy atom. The van der Waals surface area contributed by atoms with E-state index in [1.807, 2.05) is 12.1 Å². The second kappa shape index (κ2) is 5.10. The van der Waals surface area contributed by atoms with Gasteiger partial charge in [-0.2, -0.15) is 0 Å². The van der Waals surface area contributed by atoms with Crippen LogP contribution in [0.5, 0.6) is 0 Å². The molecule has 0 spiro atoms. The highest BCUT2D eigenvalue weighted by Gasteiger charge is 2.18. The van der Waals surface area contributed by atoms with Gasteiger partial charge in [0, 0.05) is 11.6 Å². The van der Waals surface area contributed by atoms with Crippen LogP contribution in [0, 0.1) is 5.92 Å². The Bertz CT molecular complexity index is 556. The van der Waals surface area contributed by atoms with Crippen molar-refractivity contribution in [2.75, 3.05) is 0 Å². The maximum Gasteiger partial charge on any atom is 0.124 e. The Labute approximate surface area is 117 Å². The SMILES string of the molecule is ClCc1nc2cc(Cl)ccc2n1CC1CCCC1. The summed E-state index contributed by atoms with van der Waals surface area (Å²) in [6.07, 6.45) is 5.38. The topological polar surface area (TPSA) is 17.8 Å². The summed E-state index contributed by atoms with van der Waals surface area (Å²) in [7, 11) is 0. The van der Waals surface area contributed by atoms with E-state index in [4.69, 9.17) is 23.2 Å². The number of imidazole rings is 1. The molecule has 1 saturated carbocycles. The molecule has 0 amide bonds. The smallest absolute Gasteiger partial charge is 0.124 e. The predicted octanol–water partition coefficient (Wildman–Crippen LogP) is 4.62. The third-order valence-corrected chi connectivity index (χ3v) is 4.30. The molecule has 0 aliphatic heterocycles. The summed E-state index contributed by atoms with van der Waals surface area (Å²) in [5, 5.41) is 0.731. The lowest BCUT2D eigenvalue weighted by molar-refractivity contribution is 0.458. The van der Waals surface area contributed by atoms with Gasteiger partial charge < -0.3 is 4.57 Å². The minimum atomic E-state index is 0.457. The Morgan fingerprint density at radius 2 is 2.06 bits per heavy atom. The average Bonchev–Trinajstić information content (AvgIpc) is 2.97. The molecule has 18 heavy (non-hydrogen) atoms. The Kier molecular flexibility index (Phi) is 3.49. The molecular formula is C14H16Cl2N2. The van der Waals surface area contributed by atoms with Crippen molar-refractivity contribution in [2.24, 2.45) is 5.92 Å². The van der Waals surface area contributed by atoms with Gasteiger partial charge in [0.25, 0.3) is 0 Å². The van der Waals surface area contributed by atoms with Gasteiger partial charge in [0.05, 0.1) is 16.9 Å². The maximum atomic E-state index is 6.01. The zero-order valence-corrected chi connectivity index (χ0v) is 11.7. The molecule has 3 rings (SSSR count). The molecule has 1 aromatic heterocycles.